The van der Waals surface area contributed by atoms with Crippen LogP contribution in [0.3, 0.4) is 0 Å². The van der Waals surface area contributed by atoms with Gasteiger partial charge in [0.15, 0.2) is 4.80 Å². The molecule has 1 aromatic heterocycles. The molecule has 26 heavy (non-hydrogen) atoms. The molecule has 136 valence electrons. The molecule has 0 aliphatic heterocycles. The number of sulfonamides is 1. The first-order valence-corrected chi connectivity index (χ1v) is 10.9. The summed E-state index contributed by atoms with van der Waals surface area (Å²) >= 11 is 5.04. The minimum absolute atomic E-state index is 0.258. The Balaban J connectivity index is 2.13. The van der Waals surface area contributed by atoms with E-state index in [2.05, 4.69) is 20.9 Å². The second-order valence-electron chi connectivity index (χ2n) is 5.84. The number of aromatic nitrogens is 1. The Morgan fingerprint density at radius 3 is 2.46 bits per heavy atom. The number of para-hydroxylation sites is 1. The highest BCUT2D eigenvalue weighted by molar-refractivity contribution is 9.10. The first-order valence-electron chi connectivity index (χ1n) is 7.77. The molecule has 0 radical (unpaired) electrons. The van der Waals surface area contributed by atoms with Crippen molar-refractivity contribution in [3.05, 3.63) is 63.2 Å². The molecule has 8 heteroatoms. The summed E-state index contributed by atoms with van der Waals surface area (Å²) in [4.78, 5) is 5.75. The second-order valence-corrected chi connectivity index (χ2v) is 9.68. The highest BCUT2D eigenvalue weighted by atomic mass is 79.9. The predicted molar refractivity (Wildman–Crippen MR) is 109 cm³/mol. The first kappa shape index (κ1) is 19.0. The fourth-order valence-electron chi connectivity index (χ4n) is 2.40. The summed E-state index contributed by atoms with van der Waals surface area (Å²) in [5, 5.41) is 1.98. The zero-order valence-corrected chi connectivity index (χ0v) is 17.8. The van der Waals surface area contributed by atoms with Gasteiger partial charge in [0.1, 0.15) is 0 Å². The van der Waals surface area contributed by atoms with Gasteiger partial charge in [-0.2, -0.15) is 0 Å². The topological polar surface area (TPSA) is 54.7 Å². The van der Waals surface area contributed by atoms with Gasteiger partial charge in [-0.25, -0.2) is 17.7 Å². The normalized spacial score (nSPS) is 12.7. The third-order valence-electron chi connectivity index (χ3n) is 3.90. The van der Waals surface area contributed by atoms with Crippen molar-refractivity contribution < 1.29 is 8.42 Å². The van der Waals surface area contributed by atoms with Crippen LogP contribution in [-0.4, -0.2) is 31.4 Å². The van der Waals surface area contributed by atoms with E-state index in [4.69, 9.17) is 0 Å². The van der Waals surface area contributed by atoms with E-state index in [-0.39, 0.29) is 4.90 Å². The van der Waals surface area contributed by atoms with Gasteiger partial charge in [0.25, 0.3) is 0 Å². The molecule has 0 amide bonds. The molecule has 0 spiro atoms. The third-order valence-corrected chi connectivity index (χ3v) is 7.32. The molecule has 0 aliphatic carbocycles. The van der Waals surface area contributed by atoms with Gasteiger partial charge in [-0.05, 0) is 30.3 Å². The molecule has 3 aromatic rings. The van der Waals surface area contributed by atoms with E-state index in [0.29, 0.717) is 0 Å². The molecule has 0 aliphatic rings. The Hall–Kier alpha value is -1.74. The summed E-state index contributed by atoms with van der Waals surface area (Å²) in [5.74, 6) is 0. The largest absolute Gasteiger partial charge is 0.320 e. The molecule has 0 N–H and O–H groups in total. The molecule has 0 unspecified atom stereocenters. The first-order chi connectivity index (χ1) is 12.3. The Labute approximate surface area is 165 Å². The van der Waals surface area contributed by atoms with E-state index >= 15 is 0 Å². The van der Waals surface area contributed by atoms with Crippen molar-refractivity contribution in [3.8, 4) is 11.3 Å². The zero-order chi connectivity index (χ0) is 18.9. The van der Waals surface area contributed by atoms with Crippen molar-refractivity contribution in [2.75, 3.05) is 14.1 Å². The molecule has 2 aromatic carbocycles. The SMILES string of the molecule is CN(C)S(=O)(=O)c1ccc(Br)c(-c2csc(=Nc3ccccc3)n2C)c1. The number of nitrogens with zero attached hydrogens (tertiary/aromatic N) is 3. The minimum atomic E-state index is -3.50. The average molecular weight is 452 g/mol. The van der Waals surface area contributed by atoms with Crippen LogP contribution < -0.4 is 4.80 Å². The molecule has 0 bridgehead atoms. The Morgan fingerprint density at radius 1 is 1.12 bits per heavy atom. The summed E-state index contributed by atoms with van der Waals surface area (Å²) in [6.07, 6.45) is 0. The van der Waals surface area contributed by atoms with Crippen LogP contribution in [0.5, 0.6) is 0 Å². The van der Waals surface area contributed by atoms with Crippen LogP contribution in [-0.2, 0) is 17.1 Å². The standard InChI is InChI=1S/C18H18BrN3O2S2/c1-21(2)26(23,24)14-9-10-16(19)15(11-14)17-12-25-18(22(17)3)20-13-7-5-4-6-8-13/h4-12H,1-3H3. The summed E-state index contributed by atoms with van der Waals surface area (Å²) in [6, 6.07) is 14.8. The van der Waals surface area contributed by atoms with Crippen LogP contribution in [0.15, 0.2) is 68.3 Å². The van der Waals surface area contributed by atoms with Crippen molar-refractivity contribution >= 4 is 43.0 Å². The maximum atomic E-state index is 12.4. The average Bonchev–Trinajstić information content (AvgIpc) is 2.96. The van der Waals surface area contributed by atoms with Crippen molar-refractivity contribution in [1.29, 1.82) is 0 Å². The molecule has 3 rings (SSSR count). The molecule has 0 saturated carbocycles. The maximum Gasteiger partial charge on any atom is 0.242 e. The molecule has 1 heterocycles. The van der Waals surface area contributed by atoms with Gasteiger partial charge in [-0.1, -0.05) is 34.1 Å². The van der Waals surface area contributed by atoms with Gasteiger partial charge in [0, 0.05) is 36.6 Å². The van der Waals surface area contributed by atoms with Crippen LogP contribution in [0.1, 0.15) is 0 Å². The van der Waals surface area contributed by atoms with E-state index in [9.17, 15) is 8.42 Å². The fourth-order valence-corrected chi connectivity index (χ4v) is 4.69. The lowest BCUT2D eigenvalue weighted by molar-refractivity contribution is 0.521. The third kappa shape index (κ3) is 3.68. The van der Waals surface area contributed by atoms with Crippen molar-refractivity contribution in [1.82, 2.24) is 8.87 Å². The fraction of sp³-hybridized carbons (Fsp3) is 0.167. The highest BCUT2D eigenvalue weighted by Crippen LogP contribution is 2.31. The maximum absolute atomic E-state index is 12.4. The number of halogens is 1. The quantitative estimate of drug-likeness (QED) is 0.601. The van der Waals surface area contributed by atoms with Crippen LogP contribution in [0.4, 0.5) is 5.69 Å². The van der Waals surface area contributed by atoms with Crippen LogP contribution in [0.2, 0.25) is 0 Å². The van der Waals surface area contributed by atoms with E-state index in [0.717, 1.165) is 26.2 Å². The van der Waals surface area contributed by atoms with Crippen molar-refractivity contribution in [3.63, 3.8) is 0 Å². The summed E-state index contributed by atoms with van der Waals surface area (Å²) in [7, 11) is 1.48. The van der Waals surface area contributed by atoms with Gasteiger partial charge in [0.2, 0.25) is 10.0 Å². The molecule has 5 nitrogen and oxygen atoms in total. The van der Waals surface area contributed by atoms with Gasteiger partial charge in [0.05, 0.1) is 16.3 Å². The molecule has 0 atom stereocenters. The van der Waals surface area contributed by atoms with Gasteiger partial charge >= 0.3 is 0 Å². The molecular formula is C18H18BrN3O2S2. The summed E-state index contributed by atoms with van der Waals surface area (Å²) in [6.45, 7) is 0. The Morgan fingerprint density at radius 2 is 1.81 bits per heavy atom. The second kappa shape index (κ2) is 7.48. The van der Waals surface area contributed by atoms with E-state index < -0.39 is 10.0 Å². The number of benzene rings is 2. The lowest BCUT2D eigenvalue weighted by Gasteiger charge is -2.13. The Kier molecular flexibility index (Phi) is 5.47. The van der Waals surface area contributed by atoms with E-state index in [1.54, 1.807) is 18.2 Å². The molecule has 0 fully saturated rings. The summed E-state index contributed by atoms with van der Waals surface area (Å²) in [5.41, 5.74) is 2.58. The monoisotopic (exact) mass is 451 g/mol. The van der Waals surface area contributed by atoms with Crippen LogP contribution in [0.25, 0.3) is 11.3 Å². The molecule has 0 saturated heterocycles. The minimum Gasteiger partial charge on any atom is -0.320 e. The van der Waals surface area contributed by atoms with Crippen LogP contribution >= 0.6 is 27.3 Å². The number of hydrogen-bond donors (Lipinski definition) is 0. The molecular weight excluding hydrogens is 434 g/mol. The lowest BCUT2D eigenvalue weighted by Crippen LogP contribution is -2.22. The highest BCUT2D eigenvalue weighted by Gasteiger charge is 2.19. The predicted octanol–water partition coefficient (Wildman–Crippen LogP) is 4.00. The summed E-state index contributed by atoms with van der Waals surface area (Å²) < 4.78 is 28.9. The van der Waals surface area contributed by atoms with Gasteiger partial charge in [-0.3, -0.25) is 0 Å². The Bertz CT molecular complexity index is 1100. The number of rotatable bonds is 4. The zero-order valence-electron chi connectivity index (χ0n) is 14.5. The smallest absolute Gasteiger partial charge is 0.242 e. The van der Waals surface area contributed by atoms with E-state index in [1.807, 2.05) is 47.3 Å². The number of hydrogen-bond acceptors (Lipinski definition) is 4. The van der Waals surface area contributed by atoms with Crippen molar-refractivity contribution in [2.24, 2.45) is 12.0 Å². The van der Waals surface area contributed by atoms with Gasteiger partial charge in [-0.15, -0.1) is 11.3 Å². The van der Waals surface area contributed by atoms with E-state index in [1.165, 1.54) is 29.7 Å². The van der Waals surface area contributed by atoms with Gasteiger partial charge < -0.3 is 4.57 Å². The lowest BCUT2D eigenvalue weighted by atomic mass is 10.2. The van der Waals surface area contributed by atoms with Crippen LogP contribution in [0, 0.1) is 0 Å². The number of thiazole rings is 1. The van der Waals surface area contributed by atoms with Crippen molar-refractivity contribution in [2.45, 2.75) is 4.90 Å².